The van der Waals surface area contributed by atoms with Gasteiger partial charge in [0.1, 0.15) is 0 Å². The minimum atomic E-state index is -0.468. The fraction of sp³-hybridized carbons (Fsp3) is 0.273. The molecule has 0 bridgehead atoms. The van der Waals surface area contributed by atoms with Crippen LogP contribution in [0.5, 0.6) is 0 Å². The topological polar surface area (TPSA) is 55.2 Å². The number of rotatable bonds is 5. The summed E-state index contributed by atoms with van der Waals surface area (Å²) in [5.74, 6) is 0. The van der Waals surface area contributed by atoms with E-state index >= 15 is 0 Å². The molecule has 0 aliphatic rings. The fourth-order valence-electron chi connectivity index (χ4n) is 1.26. The molecule has 0 aliphatic heterocycles. The summed E-state index contributed by atoms with van der Waals surface area (Å²) in [6, 6.07) is 7.54. The summed E-state index contributed by atoms with van der Waals surface area (Å²) in [5, 5.41) is 13.8. The van der Waals surface area contributed by atoms with E-state index in [0.29, 0.717) is 17.3 Å². The van der Waals surface area contributed by atoms with Crippen molar-refractivity contribution in [2.45, 2.75) is 13.3 Å². The van der Waals surface area contributed by atoms with Crippen LogP contribution in [0.1, 0.15) is 12.5 Å². The number of nitrogens with zero attached hydrogens (tertiary/aromatic N) is 1. The van der Waals surface area contributed by atoms with Crippen molar-refractivity contribution in [1.82, 2.24) is 5.32 Å². The molecule has 0 radical (unpaired) electrons. The van der Waals surface area contributed by atoms with Crippen molar-refractivity contribution in [1.29, 1.82) is 0 Å². The zero-order valence-corrected chi connectivity index (χ0v) is 9.70. The molecule has 0 fully saturated rings. The maximum Gasteiger partial charge on any atom is 0.252 e. The van der Waals surface area contributed by atoms with E-state index in [-0.39, 0.29) is 0 Å². The molecule has 0 aromatic heterocycles. The number of allylic oxidation sites excluding steroid dienone is 1. The Hall–Kier alpha value is -1.55. The van der Waals surface area contributed by atoms with Gasteiger partial charge in [-0.3, -0.25) is 10.1 Å². The van der Waals surface area contributed by atoms with E-state index in [4.69, 9.17) is 11.6 Å². The number of benzene rings is 1. The Kier molecular flexibility index (Phi) is 4.79. The molecule has 0 atom stereocenters. The molecule has 0 unspecified atom stereocenters. The minimum absolute atomic E-state index is 0.468. The lowest BCUT2D eigenvalue weighted by Gasteiger charge is -2.04. The Morgan fingerprint density at radius 2 is 2.12 bits per heavy atom. The van der Waals surface area contributed by atoms with Crippen LogP contribution in [0.3, 0.4) is 0 Å². The lowest BCUT2D eigenvalue weighted by atomic mass is 10.1. The maximum absolute atomic E-state index is 10.2. The van der Waals surface area contributed by atoms with E-state index in [1.54, 1.807) is 6.92 Å². The highest BCUT2D eigenvalue weighted by Crippen LogP contribution is 2.09. The van der Waals surface area contributed by atoms with Gasteiger partial charge in [0.2, 0.25) is 0 Å². The zero-order valence-electron chi connectivity index (χ0n) is 8.94. The molecule has 0 saturated heterocycles. The summed E-state index contributed by atoms with van der Waals surface area (Å²) in [4.78, 5) is 9.69. The first-order chi connectivity index (χ1) is 7.58. The van der Waals surface area contributed by atoms with E-state index in [9.17, 15) is 10.1 Å². The molecule has 1 aromatic rings. The molecule has 5 heteroatoms. The Balaban J connectivity index is 2.36. The van der Waals surface area contributed by atoms with Gasteiger partial charge >= 0.3 is 0 Å². The summed E-state index contributed by atoms with van der Waals surface area (Å²) in [6.07, 6.45) is 1.77. The molecule has 16 heavy (non-hydrogen) atoms. The van der Waals surface area contributed by atoms with Crippen molar-refractivity contribution in [2.24, 2.45) is 0 Å². The quantitative estimate of drug-likeness (QED) is 0.636. The molecule has 1 aromatic carbocycles. The summed E-state index contributed by atoms with van der Waals surface area (Å²) in [6.45, 7) is 2.34. The molecular weight excluding hydrogens is 228 g/mol. The predicted octanol–water partition coefficient (Wildman–Crippen LogP) is 2.61. The monoisotopic (exact) mass is 240 g/mol. The van der Waals surface area contributed by atoms with Gasteiger partial charge in [-0.1, -0.05) is 23.7 Å². The highest BCUT2D eigenvalue weighted by Gasteiger charge is 1.96. The summed E-state index contributed by atoms with van der Waals surface area (Å²) in [7, 11) is 0. The van der Waals surface area contributed by atoms with Crippen LogP contribution in [-0.2, 0) is 6.42 Å². The van der Waals surface area contributed by atoms with Crippen molar-refractivity contribution >= 4 is 11.6 Å². The Morgan fingerprint density at radius 3 is 2.69 bits per heavy atom. The van der Waals surface area contributed by atoms with Crippen LogP contribution >= 0.6 is 11.6 Å². The van der Waals surface area contributed by atoms with Crippen molar-refractivity contribution in [3.63, 3.8) is 0 Å². The lowest BCUT2D eigenvalue weighted by molar-refractivity contribution is -0.403. The smallest absolute Gasteiger partial charge is 0.252 e. The van der Waals surface area contributed by atoms with Crippen LogP contribution in [0, 0.1) is 10.1 Å². The van der Waals surface area contributed by atoms with Crippen LogP contribution in [0.2, 0.25) is 5.02 Å². The minimum Gasteiger partial charge on any atom is -0.383 e. The third-order valence-corrected chi connectivity index (χ3v) is 2.28. The first kappa shape index (κ1) is 12.5. The SMILES string of the molecule is C/C(=C/[N+](=O)[O-])NCCc1ccc(Cl)cc1. The molecule has 0 saturated carbocycles. The van der Waals surface area contributed by atoms with Gasteiger partial charge in [0.05, 0.1) is 10.6 Å². The Bertz CT molecular complexity index is 387. The van der Waals surface area contributed by atoms with Crippen LogP contribution in [-0.4, -0.2) is 11.5 Å². The second-order valence-corrected chi connectivity index (χ2v) is 3.84. The molecular formula is C11H13ClN2O2. The first-order valence-corrected chi connectivity index (χ1v) is 5.26. The van der Waals surface area contributed by atoms with Gasteiger partial charge in [-0.2, -0.15) is 0 Å². The first-order valence-electron chi connectivity index (χ1n) is 4.88. The van der Waals surface area contributed by atoms with Crippen LogP contribution in [0.25, 0.3) is 0 Å². The standard InChI is InChI=1S/C11H13ClN2O2/c1-9(8-14(15)16)13-7-6-10-2-4-11(12)5-3-10/h2-5,8,13H,6-7H2,1H3/b9-8-. The van der Waals surface area contributed by atoms with E-state index < -0.39 is 4.92 Å². The van der Waals surface area contributed by atoms with Gasteiger partial charge in [-0.25, -0.2) is 0 Å². The van der Waals surface area contributed by atoms with Crippen LogP contribution in [0.15, 0.2) is 36.2 Å². The van der Waals surface area contributed by atoms with Gasteiger partial charge in [-0.15, -0.1) is 0 Å². The van der Waals surface area contributed by atoms with Crippen molar-refractivity contribution in [3.05, 3.63) is 56.9 Å². The molecule has 1 N–H and O–H groups in total. The number of nitro groups is 1. The van der Waals surface area contributed by atoms with Gasteiger partial charge in [-0.05, 0) is 31.0 Å². The molecule has 0 aliphatic carbocycles. The highest BCUT2D eigenvalue weighted by molar-refractivity contribution is 6.30. The predicted molar refractivity (Wildman–Crippen MR) is 63.9 cm³/mol. The molecule has 0 amide bonds. The fourth-order valence-corrected chi connectivity index (χ4v) is 1.38. The van der Waals surface area contributed by atoms with Crippen molar-refractivity contribution in [2.75, 3.05) is 6.54 Å². The maximum atomic E-state index is 10.2. The number of nitrogens with one attached hydrogen (secondary N) is 1. The zero-order chi connectivity index (χ0) is 12.0. The van der Waals surface area contributed by atoms with Crippen LogP contribution in [0.4, 0.5) is 0 Å². The average Bonchev–Trinajstić information content (AvgIpc) is 2.20. The van der Waals surface area contributed by atoms with E-state index in [1.807, 2.05) is 24.3 Å². The van der Waals surface area contributed by atoms with E-state index in [1.165, 1.54) is 0 Å². The van der Waals surface area contributed by atoms with E-state index in [2.05, 4.69) is 5.32 Å². The number of hydrogen-bond acceptors (Lipinski definition) is 3. The molecule has 0 heterocycles. The number of halogens is 1. The Morgan fingerprint density at radius 1 is 1.50 bits per heavy atom. The third-order valence-electron chi connectivity index (χ3n) is 2.03. The lowest BCUT2D eigenvalue weighted by Crippen LogP contribution is -2.15. The van der Waals surface area contributed by atoms with Crippen molar-refractivity contribution in [3.8, 4) is 0 Å². The van der Waals surface area contributed by atoms with Crippen LogP contribution < -0.4 is 5.32 Å². The largest absolute Gasteiger partial charge is 0.383 e. The summed E-state index contributed by atoms with van der Waals surface area (Å²) < 4.78 is 0. The molecule has 0 spiro atoms. The van der Waals surface area contributed by atoms with Gasteiger partial charge in [0.15, 0.2) is 0 Å². The molecule has 1 rings (SSSR count). The third kappa shape index (κ3) is 4.79. The molecule has 86 valence electrons. The van der Waals surface area contributed by atoms with Crippen molar-refractivity contribution < 1.29 is 4.92 Å². The Labute approximate surface area is 99.1 Å². The highest BCUT2D eigenvalue weighted by atomic mass is 35.5. The van der Waals surface area contributed by atoms with Gasteiger partial charge < -0.3 is 5.32 Å². The normalized spacial score (nSPS) is 11.2. The molecule has 4 nitrogen and oxygen atoms in total. The summed E-state index contributed by atoms with van der Waals surface area (Å²) >= 11 is 5.75. The number of hydrogen-bond donors (Lipinski definition) is 1. The second kappa shape index (κ2) is 6.12. The average molecular weight is 241 g/mol. The second-order valence-electron chi connectivity index (χ2n) is 3.40. The van der Waals surface area contributed by atoms with E-state index in [0.717, 1.165) is 18.2 Å². The van der Waals surface area contributed by atoms with Gasteiger partial charge in [0.25, 0.3) is 6.20 Å². The van der Waals surface area contributed by atoms with Gasteiger partial charge in [0, 0.05) is 11.6 Å². The summed E-state index contributed by atoms with van der Waals surface area (Å²) in [5.41, 5.74) is 1.70.